The van der Waals surface area contributed by atoms with Gasteiger partial charge in [-0.1, -0.05) is 17.7 Å². The standard InChI is InChI=1S/C20H24ClN5O2/c1-13(2)22-19(27)14-5-3-7-16(11-14)23-20(28)15-6-4-10-26(12-15)18-9-8-17(21)24-25-18/h3,5,7-9,11,13,15H,4,6,10,12H2,1-2H3,(H,22,27)(H,23,28)/t15-/m0/s1. The number of nitrogens with one attached hydrogen (secondary N) is 2. The summed E-state index contributed by atoms with van der Waals surface area (Å²) >= 11 is 5.80. The number of benzene rings is 1. The fourth-order valence-corrected chi connectivity index (χ4v) is 3.31. The second-order valence-corrected chi connectivity index (χ2v) is 7.58. The van der Waals surface area contributed by atoms with Gasteiger partial charge in [-0.15, -0.1) is 10.2 Å². The smallest absolute Gasteiger partial charge is 0.251 e. The molecule has 0 aliphatic carbocycles. The molecule has 28 heavy (non-hydrogen) atoms. The van der Waals surface area contributed by atoms with Crippen molar-refractivity contribution < 1.29 is 9.59 Å². The van der Waals surface area contributed by atoms with E-state index >= 15 is 0 Å². The van der Waals surface area contributed by atoms with Crippen LogP contribution in [0.15, 0.2) is 36.4 Å². The maximum atomic E-state index is 12.8. The second kappa shape index (κ2) is 9.01. The first-order valence-electron chi connectivity index (χ1n) is 9.38. The van der Waals surface area contributed by atoms with Crippen LogP contribution in [-0.2, 0) is 4.79 Å². The van der Waals surface area contributed by atoms with Crippen LogP contribution in [0.2, 0.25) is 5.15 Å². The highest BCUT2D eigenvalue weighted by Crippen LogP contribution is 2.23. The van der Waals surface area contributed by atoms with Crippen LogP contribution >= 0.6 is 11.6 Å². The molecule has 7 nitrogen and oxygen atoms in total. The monoisotopic (exact) mass is 401 g/mol. The van der Waals surface area contributed by atoms with Crippen molar-refractivity contribution in [2.24, 2.45) is 5.92 Å². The summed E-state index contributed by atoms with van der Waals surface area (Å²) in [4.78, 5) is 27.0. The molecule has 1 aliphatic heterocycles. The van der Waals surface area contributed by atoms with Crippen molar-refractivity contribution in [1.82, 2.24) is 15.5 Å². The van der Waals surface area contributed by atoms with Gasteiger partial charge in [0.1, 0.15) is 0 Å². The molecule has 0 saturated carbocycles. The van der Waals surface area contributed by atoms with Gasteiger partial charge in [0.2, 0.25) is 5.91 Å². The maximum Gasteiger partial charge on any atom is 0.251 e. The molecule has 0 radical (unpaired) electrons. The third-order valence-corrected chi connectivity index (χ3v) is 4.75. The van der Waals surface area contributed by atoms with Crippen LogP contribution in [0, 0.1) is 5.92 Å². The maximum absolute atomic E-state index is 12.8. The average Bonchev–Trinajstić information content (AvgIpc) is 2.68. The van der Waals surface area contributed by atoms with E-state index in [-0.39, 0.29) is 23.8 Å². The minimum atomic E-state index is -0.167. The van der Waals surface area contributed by atoms with Crippen LogP contribution in [0.5, 0.6) is 0 Å². The third kappa shape index (κ3) is 5.19. The number of hydrogen-bond acceptors (Lipinski definition) is 5. The highest BCUT2D eigenvalue weighted by Gasteiger charge is 2.27. The molecule has 1 atom stereocenters. The number of hydrogen-bond donors (Lipinski definition) is 2. The van der Waals surface area contributed by atoms with Crippen molar-refractivity contribution in [3.8, 4) is 0 Å². The molecule has 148 valence electrons. The van der Waals surface area contributed by atoms with Gasteiger partial charge in [-0.2, -0.15) is 0 Å². The fraction of sp³-hybridized carbons (Fsp3) is 0.400. The largest absolute Gasteiger partial charge is 0.354 e. The molecule has 3 rings (SSSR count). The Morgan fingerprint density at radius 3 is 2.75 bits per heavy atom. The molecule has 1 aliphatic rings. The minimum Gasteiger partial charge on any atom is -0.354 e. The lowest BCUT2D eigenvalue weighted by Crippen LogP contribution is -2.41. The highest BCUT2D eigenvalue weighted by atomic mass is 35.5. The first-order chi connectivity index (χ1) is 13.4. The summed E-state index contributed by atoms with van der Waals surface area (Å²) < 4.78 is 0. The van der Waals surface area contributed by atoms with Crippen molar-refractivity contribution in [2.45, 2.75) is 32.7 Å². The summed E-state index contributed by atoms with van der Waals surface area (Å²) in [6, 6.07) is 10.5. The number of piperidine rings is 1. The molecule has 2 heterocycles. The first-order valence-corrected chi connectivity index (χ1v) is 9.76. The number of amides is 2. The Labute approximate surface area is 169 Å². The van der Waals surface area contributed by atoms with E-state index in [1.807, 2.05) is 24.8 Å². The molecule has 2 amide bonds. The lowest BCUT2D eigenvalue weighted by atomic mass is 9.97. The number of nitrogens with zero attached hydrogens (tertiary/aromatic N) is 3. The number of halogens is 1. The predicted octanol–water partition coefficient (Wildman–Crippen LogP) is 3.12. The first kappa shape index (κ1) is 20.1. The zero-order chi connectivity index (χ0) is 20.1. The van der Waals surface area contributed by atoms with E-state index in [0.717, 1.165) is 19.4 Å². The molecule has 0 unspecified atom stereocenters. The Balaban J connectivity index is 1.64. The molecule has 1 aromatic carbocycles. The SMILES string of the molecule is CC(C)NC(=O)c1cccc(NC(=O)[C@H]2CCCN(c3ccc(Cl)nn3)C2)c1. The topological polar surface area (TPSA) is 87.2 Å². The number of rotatable bonds is 5. The van der Waals surface area contributed by atoms with Crippen molar-refractivity contribution in [2.75, 3.05) is 23.3 Å². The normalized spacial score (nSPS) is 16.7. The zero-order valence-corrected chi connectivity index (χ0v) is 16.7. The Morgan fingerprint density at radius 2 is 2.04 bits per heavy atom. The Bertz CT molecular complexity index is 841. The number of aromatic nitrogens is 2. The molecular weight excluding hydrogens is 378 g/mol. The van der Waals surface area contributed by atoms with E-state index in [2.05, 4.69) is 20.8 Å². The third-order valence-electron chi connectivity index (χ3n) is 4.55. The van der Waals surface area contributed by atoms with E-state index in [1.54, 1.807) is 30.3 Å². The van der Waals surface area contributed by atoms with E-state index in [1.165, 1.54) is 0 Å². The summed E-state index contributed by atoms with van der Waals surface area (Å²) in [7, 11) is 0. The van der Waals surface area contributed by atoms with Gasteiger partial charge in [-0.05, 0) is 57.0 Å². The Kier molecular flexibility index (Phi) is 6.46. The summed E-state index contributed by atoms with van der Waals surface area (Å²) in [5.74, 6) is 0.331. The number of carbonyl (C=O) groups excluding carboxylic acids is 2. The van der Waals surface area contributed by atoms with Gasteiger partial charge in [-0.3, -0.25) is 9.59 Å². The predicted molar refractivity (Wildman–Crippen MR) is 110 cm³/mol. The lowest BCUT2D eigenvalue weighted by Gasteiger charge is -2.32. The Morgan fingerprint density at radius 1 is 1.21 bits per heavy atom. The van der Waals surface area contributed by atoms with Crippen LogP contribution < -0.4 is 15.5 Å². The van der Waals surface area contributed by atoms with Crippen molar-refractivity contribution in [3.05, 3.63) is 47.1 Å². The minimum absolute atomic E-state index is 0.0509. The molecule has 1 saturated heterocycles. The molecule has 0 spiro atoms. The second-order valence-electron chi connectivity index (χ2n) is 7.20. The van der Waals surface area contributed by atoms with Crippen LogP contribution in [-0.4, -0.2) is 41.1 Å². The molecule has 2 aromatic rings. The fourth-order valence-electron chi connectivity index (χ4n) is 3.20. The quantitative estimate of drug-likeness (QED) is 0.803. The van der Waals surface area contributed by atoms with Gasteiger partial charge in [0.05, 0.1) is 5.92 Å². The average molecular weight is 402 g/mol. The molecular formula is C20H24ClN5O2. The van der Waals surface area contributed by atoms with Crippen molar-refractivity contribution in [1.29, 1.82) is 0 Å². The van der Waals surface area contributed by atoms with Crippen LogP contribution in [0.25, 0.3) is 0 Å². The summed E-state index contributed by atoms with van der Waals surface area (Å²) in [5.41, 5.74) is 1.14. The van der Waals surface area contributed by atoms with Crippen molar-refractivity contribution in [3.63, 3.8) is 0 Å². The molecule has 2 N–H and O–H groups in total. The molecule has 1 fully saturated rings. The van der Waals surface area contributed by atoms with Gasteiger partial charge >= 0.3 is 0 Å². The van der Waals surface area contributed by atoms with E-state index < -0.39 is 0 Å². The zero-order valence-electron chi connectivity index (χ0n) is 16.0. The lowest BCUT2D eigenvalue weighted by molar-refractivity contribution is -0.120. The molecule has 8 heteroatoms. The highest BCUT2D eigenvalue weighted by molar-refractivity contribution is 6.29. The van der Waals surface area contributed by atoms with Gasteiger partial charge < -0.3 is 15.5 Å². The summed E-state index contributed by atoms with van der Waals surface area (Å²) in [5, 5.41) is 14.1. The summed E-state index contributed by atoms with van der Waals surface area (Å²) in [6.07, 6.45) is 1.69. The van der Waals surface area contributed by atoms with Crippen LogP contribution in [0.4, 0.5) is 11.5 Å². The van der Waals surface area contributed by atoms with Gasteiger partial charge in [0.25, 0.3) is 5.91 Å². The molecule has 0 bridgehead atoms. The van der Waals surface area contributed by atoms with Gasteiger partial charge in [-0.25, -0.2) is 0 Å². The number of carbonyl (C=O) groups is 2. The van der Waals surface area contributed by atoms with Crippen molar-refractivity contribution >= 4 is 34.9 Å². The van der Waals surface area contributed by atoms with Gasteiger partial charge in [0, 0.05) is 30.4 Å². The van der Waals surface area contributed by atoms with E-state index in [9.17, 15) is 9.59 Å². The van der Waals surface area contributed by atoms with Crippen LogP contribution in [0.1, 0.15) is 37.0 Å². The van der Waals surface area contributed by atoms with Crippen LogP contribution in [0.3, 0.4) is 0 Å². The van der Waals surface area contributed by atoms with Gasteiger partial charge in [0.15, 0.2) is 11.0 Å². The van der Waals surface area contributed by atoms with E-state index in [4.69, 9.17) is 11.6 Å². The molecule has 1 aromatic heterocycles. The Hall–Kier alpha value is -2.67. The number of anilines is 2. The summed E-state index contributed by atoms with van der Waals surface area (Å²) in [6.45, 7) is 5.20. The van der Waals surface area contributed by atoms with E-state index in [0.29, 0.717) is 28.8 Å².